The minimum absolute atomic E-state index is 0.854. The number of nitrogens with one attached hydrogen (secondary N) is 1. The smallest absolute Gasteiger partial charge is 0.0561 e. The van der Waals surface area contributed by atoms with Crippen LogP contribution in [0.3, 0.4) is 0 Å². The molecule has 1 aromatic heterocycles. The maximum atomic E-state index is 4.23. The van der Waals surface area contributed by atoms with Crippen molar-refractivity contribution in [3.8, 4) is 0 Å². The van der Waals surface area contributed by atoms with Gasteiger partial charge in [-0.25, -0.2) is 0 Å². The van der Waals surface area contributed by atoms with Gasteiger partial charge in [0.2, 0.25) is 0 Å². The molecule has 72 valence electrons. The third kappa shape index (κ3) is 2.12. The molecule has 2 rings (SSSR count). The zero-order valence-corrected chi connectivity index (χ0v) is 8.84. The van der Waals surface area contributed by atoms with Gasteiger partial charge in [0.05, 0.1) is 5.69 Å². The zero-order valence-electron chi connectivity index (χ0n) is 8.03. The Balaban J connectivity index is 1.99. The molecule has 0 radical (unpaired) electrons. The summed E-state index contributed by atoms with van der Waals surface area (Å²) in [5, 5.41) is 5.44. The lowest BCUT2D eigenvalue weighted by Gasteiger charge is -2.04. The van der Waals surface area contributed by atoms with Crippen molar-refractivity contribution in [3.63, 3.8) is 0 Å². The molecule has 1 aromatic carbocycles. The van der Waals surface area contributed by atoms with Crippen molar-refractivity contribution in [2.75, 3.05) is 5.32 Å². The molecule has 0 atom stereocenters. The number of aryl methyl sites for hydroxylation is 1. The minimum Gasteiger partial charge on any atom is -0.381 e. The van der Waals surface area contributed by atoms with Crippen LogP contribution in [0.1, 0.15) is 11.3 Å². The summed E-state index contributed by atoms with van der Waals surface area (Å²) in [7, 11) is 0. The topological polar surface area (TPSA) is 24.9 Å². The lowest BCUT2D eigenvalue weighted by atomic mass is 10.2. The molecule has 0 aliphatic heterocycles. The molecule has 0 unspecified atom stereocenters. The number of hydrogen-bond donors (Lipinski definition) is 1. The first-order chi connectivity index (χ1) is 6.86. The molecule has 0 saturated heterocycles. The van der Waals surface area contributed by atoms with E-state index in [0.717, 1.165) is 17.9 Å². The molecule has 14 heavy (non-hydrogen) atoms. The average molecular weight is 204 g/mol. The number of benzene rings is 1. The highest BCUT2D eigenvalue weighted by Gasteiger charge is 1.99. The second-order valence-corrected chi connectivity index (χ2v) is 3.77. The van der Waals surface area contributed by atoms with Crippen LogP contribution in [0.15, 0.2) is 35.7 Å². The highest BCUT2D eigenvalue weighted by Crippen LogP contribution is 2.12. The molecule has 0 aliphatic rings. The fraction of sp³-hybridized carbons (Fsp3) is 0.182. The van der Waals surface area contributed by atoms with Gasteiger partial charge in [-0.15, -0.1) is 0 Å². The van der Waals surface area contributed by atoms with Gasteiger partial charge in [-0.05, 0) is 30.6 Å². The number of hydrogen-bond acceptors (Lipinski definition) is 3. The molecule has 0 fully saturated rings. The van der Waals surface area contributed by atoms with Gasteiger partial charge in [-0.1, -0.05) is 18.2 Å². The van der Waals surface area contributed by atoms with Gasteiger partial charge in [-0.2, -0.15) is 4.37 Å². The SMILES string of the molecule is Cc1nscc1CNc1ccccc1. The Bertz CT molecular complexity index is 395. The summed E-state index contributed by atoms with van der Waals surface area (Å²) >= 11 is 1.51. The van der Waals surface area contributed by atoms with Crippen LogP contribution in [0.5, 0.6) is 0 Å². The van der Waals surface area contributed by atoms with E-state index in [1.807, 2.05) is 25.1 Å². The fourth-order valence-electron chi connectivity index (χ4n) is 1.24. The minimum atomic E-state index is 0.854. The van der Waals surface area contributed by atoms with E-state index < -0.39 is 0 Å². The first-order valence-electron chi connectivity index (χ1n) is 4.55. The Hall–Kier alpha value is -1.35. The van der Waals surface area contributed by atoms with Crippen LogP contribution in [-0.2, 0) is 6.54 Å². The molecule has 0 aliphatic carbocycles. The molecule has 0 bridgehead atoms. The maximum Gasteiger partial charge on any atom is 0.0561 e. The van der Waals surface area contributed by atoms with E-state index in [4.69, 9.17) is 0 Å². The van der Waals surface area contributed by atoms with Gasteiger partial charge >= 0.3 is 0 Å². The van der Waals surface area contributed by atoms with Crippen molar-refractivity contribution in [1.29, 1.82) is 0 Å². The first kappa shape index (κ1) is 9.21. The van der Waals surface area contributed by atoms with Gasteiger partial charge in [0.25, 0.3) is 0 Å². The third-order valence-corrected chi connectivity index (χ3v) is 2.88. The normalized spacial score (nSPS) is 10.1. The van der Waals surface area contributed by atoms with E-state index in [2.05, 4.69) is 27.2 Å². The summed E-state index contributed by atoms with van der Waals surface area (Å²) in [6.45, 7) is 2.89. The molecule has 1 N–H and O–H groups in total. The van der Waals surface area contributed by atoms with Crippen LogP contribution < -0.4 is 5.32 Å². The van der Waals surface area contributed by atoms with E-state index in [9.17, 15) is 0 Å². The Morgan fingerprint density at radius 2 is 2.07 bits per heavy atom. The van der Waals surface area contributed by atoms with Gasteiger partial charge in [-0.3, -0.25) is 0 Å². The van der Waals surface area contributed by atoms with Crippen molar-refractivity contribution in [2.45, 2.75) is 13.5 Å². The number of rotatable bonds is 3. The molecule has 2 nitrogen and oxygen atoms in total. The van der Waals surface area contributed by atoms with Crippen molar-refractivity contribution >= 4 is 17.2 Å². The Labute approximate surface area is 87.8 Å². The van der Waals surface area contributed by atoms with Crippen LogP contribution in [0.25, 0.3) is 0 Å². The number of anilines is 1. The van der Waals surface area contributed by atoms with Crippen LogP contribution in [0.4, 0.5) is 5.69 Å². The van der Waals surface area contributed by atoms with Crippen molar-refractivity contribution in [3.05, 3.63) is 47.0 Å². The Morgan fingerprint density at radius 1 is 1.29 bits per heavy atom. The van der Waals surface area contributed by atoms with Crippen molar-refractivity contribution in [2.24, 2.45) is 0 Å². The van der Waals surface area contributed by atoms with E-state index >= 15 is 0 Å². The largest absolute Gasteiger partial charge is 0.381 e. The summed E-state index contributed by atoms with van der Waals surface area (Å²) in [4.78, 5) is 0. The van der Waals surface area contributed by atoms with Gasteiger partial charge < -0.3 is 5.32 Å². The quantitative estimate of drug-likeness (QED) is 0.831. The average Bonchev–Trinajstić information content (AvgIpc) is 2.63. The van der Waals surface area contributed by atoms with E-state index in [1.165, 1.54) is 17.1 Å². The monoisotopic (exact) mass is 204 g/mol. The maximum absolute atomic E-state index is 4.23. The van der Waals surface area contributed by atoms with E-state index in [-0.39, 0.29) is 0 Å². The molecular formula is C11H12N2S. The number of nitrogens with zero attached hydrogens (tertiary/aromatic N) is 1. The predicted molar refractivity (Wildman–Crippen MR) is 60.6 cm³/mol. The molecule has 1 heterocycles. The molecule has 0 amide bonds. The Kier molecular flexibility index (Phi) is 2.79. The second-order valence-electron chi connectivity index (χ2n) is 3.14. The van der Waals surface area contributed by atoms with Crippen LogP contribution >= 0.6 is 11.5 Å². The molecule has 0 spiro atoms. The van der Waals surface area contributed by atoms with E-state index in [1.54, 1.807) is 0 Å². The van der Waals surface area contributed by atoms with Crippen LogP contribution in [0, 0.1) is 6.92 Å². The summed E-state index contributed by atoms with van der Waals surface area (Å²) < 4.78 is 4.23. The molecule has 3 heteroatoms. The fourth-order valence-corrected chi connectivity index (χ4v) is 1.95. The van der Waals surface area contributed by atoms with Crippen molar-refractivity contribution < 1.29 is 0 Å². The van der Waals surface area contributed by atoms with Gasteiger partial charge in [0, 0.05) is 23.2 Å². The highest BCUT2D eigenvalue weighted by molar-refractivity contribution is 7.03. The zero-order chi connectivity index (χ0) is 9.80. The highest BCUT2D eigenvalue weighted by atomic mass is 32.1. The number of para-hydroxylation sites is 1. The third-order valence-electron chi connectivity index (χ3n) is 2.11. The summed E-state index contributed by atoms with van der Waals surface area (Å²) in [6, 6.07) is 10.2. The first-order valence-corrected chi connectivity index (χ1v) is 5.38. The van der Waals surface area contributed by atoms with Crippen LogP contribution in [0.2, 0.25) is 0 Å². The summed E-state index contributed by atoms with van der Waals surface area (Å²) in [6.07, 6.45) is 0. The lowest BCUT2D eigenvalue weighted by molar-refractivity contribution is 1.11. The Morgan fingerprint density at radius 3 is 2.71 bits per heavy atom. The number of aromatic nitrogens is 1. The predicted octanol–water partition coefficient (Wildman–Crippen LogP) is 3.06. The summed E-state index contributed by atoms with van der Waals surface area (Å²) in [5.74, 6) is 0. The molecule has 0 saturated carbocycles. The van der Waals surface area contributed by atoms with Gasteiger partial charge in [0.1, 0.15) is 0 Å². The standard InChI is InChI=1S/C11H12N2S/c1-9-10(8-14-13-9)7-12-11-5-3-2-4-6-11/h2-6,8,12H,7H2,1H3. The van der Waals surface area contributed by atoms with Crippen molar-refractivity contribution in [1.82, 2.24) is 4.37 Å². The molecular weight excluding hydrogens is 192 g/mol. The van der Waals surface area contributed by atoms with Crippen LogP contribution in [-0.4, -0.2) is 4.37 Å². The lowest BCUT2D eigenvalue weighted by Crippen LogP contribution is -1.99. The second kappa shape index (κ2) is 4.24. The molecule has 2 aromatic rings. The van der Waals surface area contributed by atoms with Gasteiger partial charge in [0.15, 0.2) is 0 Å². The summed E-state index contributed by atoms with van der Waals surface area (Å²) in [5.41, 5.74) is 3.55. The van der Waals surface area contributed by atoms with E-state index in [0.29, 0.717) is 0 Å².